The number of hydrogen-bond acceptors (Lipinski definition) is 4. The van der Waals surface area contributed by atoms with Gasteiger partial charge in [0.05, 0.1) is 0 Å². The average molecular weight is 275 g/mol. The van der Waals surface area contributed by atoms with Crippen LogP contribution in [0.2, 0.25) is 0 Å². The summed E-state index contributed by atoms with van der Waals surface area (Å²) in [4.78, 5) is 45.8. The predicted molar refractivity (Wildman–Crippen MR) is 63.6 cm³/mol. The van der Waals surface area contributed by atoms with E-state index in [1.165, 1.54) is 7.05 Å². The van der Waals surface area contributed by atoms with Crippen LogP contribution in [0.15, 0.2) is 0 Å². The minimum Gasteiger partial charge on any atom is -0.480 e. The van der Waals surface area contributed by atoms with Crippen molar-refractivity contribution in [2.45, 2.75) is 6.92 Å². The minimum absolute atomic E-state index is 0.275. The van der Waals surface area contributed by atoms with Crippen molar-refractivity contribution in [2.75, 3.05) is 33.2 Å². The first-order chi connectivity index (χ1) is 8.77. The lowest BCUT2D eigenvalue weighted by Gasteiger charge is -2.25. The molecule has 0 unspecified atom stereocenters. The van der Waals surface area contributed by atoms with Crippen molar-refractivity contribution in [1.82, 2.24) is 15.1 Å². The zero-order chi connectivity index (χ0) is 15.0. The molecule has 108 valence electrons. The number of likely N-dealkylation sites (N-methyl/N-ethyl adjacent to an activating group) is 2. The second kappa shape index (κ2) is 7.90. The maximum Gasteiger partial charge on any atom is 0.323 e. The van der Waals surface area contributed by atoms with Gasteiger partial charge < -0.3 is 25.3 Å². The van der Waals surface area contributed by atoms with Gasteiger partial charge in [-0.3, -0.25) is 14.4 Å². The second-order valence-corrected chi connectivity index (χ2v) is 3.74. The van der Waals surface area contributed by atoms with Crippen molar-refractivity contribution < 1.29 is 29.4 Å². The van der Waals surface area contributed by atoms with Crippen molar-refractivity contribution in [3.8, 4) is 0 Å². The highest BCUT2D eigenvalue weighted by atomic mass is 16.4. The Hall–Kier alpha value is -2.32. The number of carboxylic acid groups (broad SMARTS) is 2. The highest BCUT2D eigenvalue weighted by molar-refractivity contribution is 5.87. The van der Waals surface area contributed by atoms with Crippen molar-refractivity contribution in [3.63, 3.8) is 0 Å². The third-order valence-electron chi connectivity index (χ3n) is 2.00. The Kier molecular flexibility index (Phi) is 6.94. The first kappa shape index (κ1) is 16.7. The van der Waals surface area contributed by atoms with Gasteiger partial charge in [0.25, 0.3) is 0 Å². The van der Waals surface area contributed by atoms with E-state index in [9.17, 15) is 19.2 Å². The molecule has 9 nitrogen and oxygen atoms in total. The number of carbonyl (C=O) groups is 4. The molecule has 0 heterocycles. The lowest BCUT2D eigenvalue weighted by molar-refractivity contribution is -0.140. The van der Waals surface area contributed by atoms with Gasteiger partial charge in [0.15, 0.2) is 0 Å². The van der Waals surface area contributed by atoms with E-state index in [1.807, 2.05) is 0 Å². The Balaban J connectivity index is 4.63. The van der Waals surface area contributed by atoms with E-state index < -0.39 is 37.0 Å². The van der Waals surface area contributed by atoms with E-state index in [-0.39, 0.29) is 6.54 Å². The van der Waals surface area contributed by atoms with Crippen LogP contribution in [0, 0.1) is 0 Å². The number of nitrogens with one attached hydrogen (secondary N) is 1. The molecule has 3 amide bonds. The van der Waals surface area contributed by atoms with Gasteiger partial charge in [0.2, 0.25) is 5.91 Å². The van der Waals surface area contributed by atoms with Crippen LogP contribution in [0.3, 0.4) is 0 Å². The molecular formula is C10H17N3O6. The molecule has 19 heavy (non-hydrogen) atoms. The number of aliphatic carboxylic acids is 2. The predicted octanol–water partition coefficient (Wildman–Crippen LogP) is -1.35. The van der Waals surface area contributed by atoms with Crippen LogP contribution in [-0.2, 0) is 14.4 Å². The second-order valence-electron chi connectivity index (χ2n) is 3.74. The summed E-state index contributed by atoms with van der Waals surface area (Å²) in [5.41, 5.74) is 0. The average Bonchev–Trinajstić information content (AvgIpc) is 2.25. The van der Waals surface area contributed by atoms with Crippen molar-refractivity contribution in [2.24, 2.45) is 0 Å². The largest absolute Gasteiger partial charge is 0.480 e. The summed E-state index contributed by atoms with van der Waals surface area (Å²) in [6.07, 6.45) is 0. The van der Waals surface area contributed by atoms with Crippen molar-refractivity contribution in [3.05, 3.63) is 0 Å². The van der Waals surface area contributed by atoms with Crippen LogP contribution in [0.5, 0.6) is 0 Å². The Labute approximate surface area is 109 Å². The Morgan fingerprint density at radius 1 is 1.00 bits per heavy atom. The molecule has 3 N–H and O–H groups in total. The summed E-state index contributed by atoms with van der Waals surface area (Å²) in [7, 11) is 1.29. The first-order valence-corrected chi connectivity index (χ1v) is 5.48. The van der Waals surface area contributed by atoms with Gasteiger partial charge in [-0.2, -0.15) is 0 Å². The number of nitrogens with zero attached hydrogens (tertiary/aromatic N) is 2. The monoisotopic (exact) mass is 275 g/mol. The fraction of sp³-hybridized carbons (Fsp3) is 0.600. The molecule has 0 aromatic carbocycles. The third kappa shape index (κ3) is 6.86. The van der Waals surface area contributed by atoms with E-state index >= 15 is 0 Å². The SMILES string of the molecule is CCNC(=O)CN(C)C(=O)N(CC(=O)O)CC(=O)O. The number of amides is 3. The molecule has 0 saturated carbocycles. The molecule has 0 fully saturated rings. The number of urea groups is 1. The maximum absolute atomic E-state index is 11.8. The summed E-state index contributed by atoms with van der Waals surface area (Å²) in [6.45, 7) is 0.341. The zero-order valence-corrected chi connectivity index (χ0v) is 10.8. The maximum atomic E-state index is 11.8. The van der Waals surface area contributed by atoms with Gasteiger partial charge in [-0.1, -0.05) is 0 Å². The van der Waals surface area contributed by atoms with Gasteiger partial charge in [-0.15, -0.1) is 0 Å². The van der Waals surface area contributed by atoms with Crippen molar-refractivity contribution >= 4 is 23.9 Å². The minimum atomic E-state index is -1.33. The van der Waals surface area contributed by atoms with Crippen LogP contribution in [0.25, 0.3) is 0 Å². The summed E-state index contributed by atoms with van der Waals surface area (Å²) in [5, 5.41) is 19.7. The van der Waals surface area contributed by atoms with Crippen molar-refractivity contribution in [1.29, 1.82) is 0 Å². The van der Waals surface area contributed by atoms with Gasteiger partial charge in [0, 0.05) is 13.6 Å². The van der Waals surface area contributed by atoms with Gasteiger partial charge >= 0.3 is 18.0 Å². The highest BCUT2D eigenvalue weighted by Gasteiger charge is 2.23. The van der Waals surface area contributed by atoms with E-state index in [0.29, 0.717) is 11.4 Å². The molecule has 0 saturated heterocycles. The number of carboxylic acids is 2. The fourth-order valence-corrected chi connectivity index (χ4v) is 1.30. The van der Waals surface area contributed by atoms with E-state index in [0.717, 1.165) is 4.90 Å². The van der Waals surface area contributed by atoms with Crippen LogP contribution >= 0.6 is 0 Å². The third-order valence-corrected chi connectivity index (χ3v) is 2.00. The highest BCUT2D eigenvalue weighted by Crippen LogP contribution is 1.97. The summed E-state index contributed by atoms with van der Waals surface area (Å²) >= 11 is 0. The molecule has 0 spiro atoms. The number of rotatable bonds is 7. The summed E-state index contributed by atoms with van der Waals surface area (Å²) < 4.78 is 0. The van der Waals surface area contributed by atoms with E-state index in [4.69, 9.17) is 10.2 Å². The smallest absolute Gasteiger partial charge is 0.323 e. The first-order valence-electron chi connectivity index (χ1n) is 5.48. The van der Waals surface area contributed by atoms with Gasteiger partial charge in [-0.25, -0.2) is 4.79 Å². The lowest BCUT2D eigenvalue weighted by Crippen LogP contribution is -2.48. The van der Waals surface area contributed by atoms with E-state index in [1.54, 1.807) is 6.92 Å². The quantitative estimate of drug-likeness (QED) is 0.527. The van der Waals surface area contributed by atoms with E-state index in [2.05, 4.69) is 5.32 Å². The number of hydrogen-bond donors (Lipinski definition) is 3. The molecule has 0 bridgehead atoms. The molecule has 0 atom stereocenters. The fourth-order valence-electron chi connectivity index (χ4n) is 1.30. The molecule has 0 rings (SSSR count). The lowest BCUT2D eigenvalue weighted by atomic mass is 10.4. The zero-order valence-electron chi connectivity index (χ0n) is 10.8. The normalized spacial score (nSPS) is 9.58. The molecule has 0 aromatic rings. The Morgan fingerprint density at radius 2 is 1.47 bits per heavy atom. The van der Waals surface area contributed by atoms with Crippen LogP contribution in [0.4, 0.5) is 4.79 Å². The van der Waals surface area contributed by atoms with Crippen LogP contribution in [0.1, 0.15) is 6.92 Å². The topological polar surface area (TPSA) is 127 Å². The van der Waals surface area contributed by atoms with Gasteiger partial charge in [-0.05, 0) is 6.92 Å². The standard InChI is InChI=1S/C10H17N3O6/c1-3-11-7(14)4-12(2)10(19)13(5-8(15)16)6-9(17)18/h3-6H2,1-2H3,(H,11,14)(H,15,16)(H,17,18). The Morgan fingerprint density at radius 3 is 1.84 bits per heavy atom. The molecule has 0 aromatic heterocycles. The van der Waals surface area contributed by atoms with Crippen LogP contribution < -0.4 is 5.32 Å². The van der Waals surface area contributed by atoms with Gasteiger partial charge in [0.1, 0.15) is 19.6 Å². The summed E-state index contributed by atoms with van der Waals surface area (Å²) in [6, 6.07) is -0.837. The Bertz CT molecular complexity index is 354. The van der Waals surface area contributed by atoms with Crippen LogP contribution in [-0.4, -0.2) is 77.1 Å². The molecule has 9 heteroatoms. The molecular weight excluding hydrogens is 258 g/mol. The summed E-state index contributed by atoms with van der Waals surface area (Å²) in [5.74, 6) is -3.08. The molecule has 0 radical (unpaired) electrons. The molecule has 0 aliphatic rings. The number of carbonyl (C=O) groups excluding carboxylic acids is 2. The molecule has 0 aliphatic carbocycles. The molecule has 0 aliphatic heterocycles.